The van der Waals surface area contributed by atoms with Crippen molar-refractivity contribution in [2.75, 3.05) is 0 Å². The van der Waals surface area contributed by atoms with Crippen molar-refractivity contribution in [2.24, 2.45) is 5.73 Å². The summed E-state index contributed by atoms with van der Waals surface area (Å²) in [5.74, 6) is -0.189. The van der Waals surface area contributed by atoms with Crippen molar-refractivity contribution in [1.29, 1.82) is 0 Å². The number of halogens is 1. The highest BCUT2D eigenvalue weighted by Crippen LogP contribution is 2.23. The van der Waals surface area contributed by atoms with Crippen LogP contribution in [0, 0.1) is 26.6 Å². The van der Waals surface area contributed by atoms with Crippen LogP contribution in [0.1, 0.15) is 33.9 Å². The summed E-state index contributed by atoms with van der Waals surface area (Å²) in [4.78, 5) is 0. The average molecular weight is 243 g/mol. The van der Waals surface area contributed by atoms with Crippen LogP contribution in [0.25, 0.3) is 0 Å². The minimum absolute atomic E-state index is 0.189. The van der Waals surface area contributed by atoms with Crippen LogP contribution < -0.4 is 5.73 Å². The second-order valence-electron chi connectivity index (χ2n) is 4.91. The van der Waals surface area contributed by atoms with E-state index < -0.39 is 0 Å². The van der Waals surface area contributed by atoms with Crippen molar-refractivity contribution < 1.29 is 4.39 Å². The summed E-state index contributed by atoms with van der Waals surface area (Å²) in [6, 6.07) is 11.1. The molecule has 18 heavy (non-hydrogen) atoms. The van der Waals surface area contributed by atoms with E-state index in [2.05, 4.69) is 32.0 Å². The van der Waals surface area contributed by atoms with Gasteiger partial charge in [0.2, 0.25) is 0 Å². The van der Waals surface area contributed by atoms with Gasteiger partial charge in [-0.25, -0.2) is 4.39 Å². The summed E-state index contributed by atoms with van der Waals surface area (Å²) in [7, 11) is 0. The van der Waals surface area contributed by atoms with Gasteiger partial charge in [-0.2, -0.15) is 0 Å². The smallest absolute Gasteiger partial charge is 0.126 e. The van der Waals surface area contributed by atoms with E-state index in [0.29, 0.717) is 5.56 Å². The van der Waals surface area contributed by atoms with Gasteiger partial charge < -0.3 is 5.73 Å². The van der Waals surface area contributed by atoms with Crippen LogP contribution in [0.5, 0.6) is 0 Å². The van der Waals surface area contributed by atoms with Gasteiger partial charge in [-0.15, -0.1) is 0 Å². The van der Waals surface area contributed by atoms with Gasteiger partial charge in [-0.3, -0.25) is 0 Å². The fourth-order valence-electron chi connectivity index (χ4n) is 2.24. The van der Waals surface area contributed by atoms with E-state index >= 15 is 0 Å². The lowest BCUT2D eigenvalue weighted by molar-refractivity contribution is 0.617. The van der Waals surface area contributed by atoms with Gasteiger partial charge in [0.15, 0.2) is 0 Å². The second-order valence-corrected chi connectivity index (χ2v) is 4.91. The molecule has 0 saturated carbocycles. The molecule has 0 radical (unpaired) electrons. The third-order valence-electron chi connectivity index (χ3n) is 3.14. The van der Waals surface area contributed by atoms with E-state index in [1.54, 1.807) is 13.0 Å². The second kappa shape index (κ2) is 4.91. The van der Waals surface area contributed by atoms with Crippen molar-refractivity contribution in [2.45, 2.75) is 26.8 Å². The number of nitrogens with two attached hydrogens (primary N) is 1. The summed E-state index contributed by atoms with van der Waals surface area (Å²) in [5.41, 5.74) is 11.3. The third-order valence-corrected chi connectivity index (χ3v) is 3.14. The number of hydrogen-bond acceptors (Lipinski definition) is 1. The molecule has 0 heterocycles. The predicted octanol–water partition coefficient (Wildman–Crippen LogP) is 3.80. The molecule has 1 nitrogen and oxygen atoms in total. The highest BCUT2D eigenvalue weighted by atomic mass is 19.1. The van der Waals surface area contributed by atoms with Gasteiger partial charge in [-0.05, 0) is 43.5 Å². The van der Waals surface area contributed by atoms with Crippen molar-refractivity contribution in [3.63, 3.8) is 0 Å². The molecular formula is C16H18FN. The zero-order valence-corrected chi connectivity index (χ0v) is 11.0. The molecule has 0 aliphatic heterocycles. The Balaban J connectivity index is 2.40. The summed E-state index contributed by atoms with van der Waals surface area (Å²) in [6.07, 6.45) is 0. The predicted molar refractivity (Wildman–Crippen MR) is 73.1 cm³/mol. The van der Waals surface area contributed by atoms with E-state index in [4.69, 9.17) is 5.73 Å². The summed E-state index contributed by atoms with van der Waals surface area (Å²) in [6.45, 7) is 5.87. The molecule has 1 atom stereocenters. The fraction of sp³-hybridized carbons (Fsp3) is 0.250. The molecule has 0 bridgehead atoms. The average Bonchev–Trinajstić information content (AvgIpc) is 2.30. The number of aryl methyl sites for hydroxylation is 3. The lowest BCUT2D eigenvalue weighted by Crippen LogP contribution is -2.12. The van der Waals surface area contributed by atoms with Gasteiger partial charge in [0, 0.05) is 0 Å². The Labute approximate surface area is 107 Å². The van der Waals surface area contributed by atoms with E-state index in [1.165, 1.54) is 17.2 Å². The van der Waals surface area contributed by atoms with Gasteiger partial charge in [0.25, 0.3) is 0 Å². The van der Waals surface area contributed by atoms with Crippen LogP contribution in [0.4, 0.5) is 4.39 Å². The quantitative estimate of drug-likeness (QED) is 0.853. The van der Waals surface area contributed by atoms with Gasteiger partial charge in [-0.1, -0.05) is 41.5 Å². The first-order valence-electron chi connectivity index (χ1n) is 6.07. The molecule has 2 rings (SSSR count). The maximum absolute atomic E-state index is 13.3. The number of hydrogen-bond donors (Lipinski definition) is 1. The first-order valence-corrected chi connectivity index (χ1v) is 6.07. The fourth-order valence-corrected chi connectivity index (χ4v) is 2.24. The molecule has 0 saturated heterocycles. The van der Waals surface area contributed by atoms with E-state index in [-0.39, 0.29) is 11.9 Å². The van der Waals surface area contributed by atoms with Gasteiger partial charge in [0.05, 0.1) is 6.04 Å². The lowest BCUT2D eigenvalue weighted by Gasteiger charge is -2.15. The van der Waals surface area contributed by atoms with Crippen LogP contribution in [-0.4, -0.2) is 0 Å². The van der Waals surface area contributed by atoms with Crippen LogP contribution >= 0.6 is 0 Å². The Hall–Kier alpha value is -1.67. The monoisotopic (exact) mass is 243 g/mol. The van der Waals surface area contributed by atoms with Gasteiger partial charge in [0.1, 0.15) is 5.82 Å². The molecule has 0 amide bonds. The Morgan fingerprint density at radius 1 is 0.889 bits per heavy atom. The van der Waals surface area contributed by atoms with Crippen LogP contribution in [0.2, 0.25) is 0 Å². The minimum atomic E-state index is -0.206. The van der Waals surface area contributed by atoms with Crippen LogP contribution in [0.3, 0.4) is 0 Å². The molecule has 2 aromatic rings. The van der Waals surface area contributed by atoms with Crippen molar-refractivity contribution >= 4 is 0 Å². The van der Waals surface area contributed by atoms with Crippen molar-refractivity contribution in [3.8, 4) is 0 Å². The molecule has 0 aliphatic rings. The maximum Gasteiger partial charge on any atom is 0.126 e. The van der Waals surface area contributed by atoms with Gasteiger partial charge >= 0.3 is 0 Å². The standard InChI is InChI=1S/C16H18FN/c1-10-6-11(2)8-14(7-10)16(18)13-4-5-15(17)12(3)9-13/h4-9,16H,18H2,1-3H3. The summed E-state index contributed by atoms with van der Waals surface area (Å²) < 4.78 is 13.3. The molecule has 2 heteroatoms. The van der Waals surface area contributed by atoms with E-state index in [1.807, 2.05) is 6.07 Å². The number of benzene rings is 2. The first kappa shape index (κ1) is 12.8. The zero-order valence-electron chi connectivity index (χ0n) is 11.0. The Bertz CT molecular complexity index is 555. The minimum Gasteiger partial charge on any atom is -0.320 e. The molecule has 0 fully saturated rings. The molecule has 94 valence electrons. The molecule has 2 N–H and O–H groups in total. The molecule has 2 aromatic carbocycles. The molecule has 0 aromatic heterocycles. The highest BCUT2D eigenvalue weighted by molar-refractivity contribution is 5.37. The Morgan fingerprint density at radius 3 is 2.06 bits per heavy atom. The lowest BCUT2D eigenvalue weighted by atomic mass is 9.95. The largest absolute Gasteiger partial charge is 0.320 e. The molecule has 1 unspecified atom stereocenters. The van der Waals surface area contributed by atoms with E-state index in [9.17, 15) is 4.39 Å². The summed E-state index contributed by atoms with van der Waals surface area (Å²) in [5, 5.41) is 0. The first-order chi connectivity index (χ1) is 8.47. The Morgan fingerprint density at radius 2 is 1.50 bits per heavy atom. The highest BCUT2D eigenvalue weighted by Gasteiger charge is 2.11. The zero-order chi connectivity index (χ0) is 13.3. The topological polar surface area (TPSA) is 26.0 Å². The van der Waals surface area contributed by atoms with Crippen molar-refractivity contribution in [1.82, 2.24) is 0 Å². The Kier molecular flexibility index (Phi) is 3.48. The number of rotatable bonds is 2. The van der Waals surface area contributed by atoms with E-state index in [0.717, 1.165) is 11.1 Å². The normalized spacial score (nSPS) is 12.5. The maximum atomic E-state index is 13.3. The van der Waals surface area contributed by atoms with Crippen molar-refractivity contribution in [3.05, 3.63) is 70.0 Å². The molecule has 0 spiro atoms. The third kappa shape index (κ3) is 2.59. The SMILES string of the molecule is Cc1cc(C)cc(C(N)c2ccc(F)c(C)c2)c1. The summed E-state index contributed by atoms with van der Waals surface area (Å²) >= 11 is 0. The van der Waals surface area contributed by atoms with Crippen LogP contribution in [0.15, 0.2) is 36.4 Å². The van der Waals surface area contributed by atoms with Crippen LogP contribution in [-0.2, 0) is 0 Å². The molecular weight excluding hydrogens is 225 g/mol. The molecule has 0 aliphatic carbocycles.